The Balaban J connectivity index is 2.21. The lowest BCUT2D eigenvalue weighted by atomic mass is 9.86. The average molecular weight is 310 g/mol. The Morgan fingerprint density at radius 2 is 1.90 bits per heavy atom. The maximum absolute atomic E-state index is 12.3. The molecule has 1 aliphatic carbocycles. The van der Waals surface area contributed by atoms with Crippen molar-refractivity contribution in [2.24, 2.45) is 5.92 Å². The molecular weight excluding hydrogens is 288 g/mol. The van der Waals surface area contributed by atoms with Crippen molar-refractivity contribution in [2.75, 3.05) is 12.0 Å². The van der Waals surface area contributed by atoms with Gasteiger partial charge >= 0.3 is 0 Å². The van der Waals surface area contributed by atoms with E-state index >= 15 is 0 Å². The highest BCUT2D eigenvalue weighted by molar-refractivity contribution is 7.90. The standard InChI is InChI=1S/C15H22N2O3S/c1-10-5-3-4-6-14(10)17-15(18)11-7-12(16)9-13(8-11)21(2,19)20/h7-10,14H,3-6,16H2,1-2H3,(H,17,18). The van der Waals surface area contributed by atoms with Gasteiger partial charge in [-0.1, -0.05) is 19.8 Å². The van der Waals surface area contributed by atoms with Crippen LogP contribution in [0.15, 0.2) is 23.1 Å². The molecule has 5 nitrogen and oxygen atoms in total. The molecule has 1 aromatic rings. The molecule has 1 amide bonds. The van der Waals surface area contributed by atoms with E-state index in [1.54, 1.807) is 0 Å². The van der Waals surface area contributed by atoms with Crippen LogP contribution in [0.2, 0.25) is 0 Å². The lowest BCUT2D eigenvalue weighted by Gasteiger charge is -2.29. The van der Waals surface area contributed by atoms with Crippen LogP contribution in [0.25, 0.3) is 0 Å². The summed E-state index contributed by atoms with van der Waals surface area (Å²) in [4.78, 5) is 12.4. The Hall–Kier alpha value is -1.56. The van der Waals surface area contributed by atoms with Gasteiger partial charge in [-0.05, 0) is 37.0 Å². The molecule has 116 valence electrons. The first kappa shape index (κ1) is 15.8. The minimum absolute atomic E-state index is 0.0735. The van der Waals surface area contributed by atoms with Gasteiger partial charge in [0.25, 0.3) is 5.91 Å². The van der Waals surface area contributed by atoms with Crippen LogP contribution in [-0.4, -0.2) is 26.6 Å². The van der Waals surface area contributed by atoms with Gasteiger partial charge in [0.05, 0.1) is 4.90 Å². The minimum Gasteiger partial charge on any atom is -0.399 e. The zero-order valence-electron chi connectivity index (χ0n) is 12.4. The predicted molar refractivity (Wildman–Crippen MR) is 82.9 cm³/mol. The monoisotopic (exact) mass is 310 g/mol. The summed E-state index contributed by atoms with van der Waals surface area (Å²) in [6, 6.07) is 4.41. The molecule has 1 aliphatic rings. The fourth-order valence-corrected chi connectivity index (χ4v) is 3.44. The summed E-state index contributed by atoms with van der Waals surface area (Å²) in [6.07, 6.45) is 5.49. The smallest absolute Gasteiger partial charge is 0.251 e. The van der Waals surface area contributed by atoms with E-state index in [9.17, 15) is 13.2 Å². The average Bonchev–Trinajstić information content (AvgIpc) is 2.39. The predicted octanol–water partition coefficient (Wildman–Crippen LogP) is 1.98. The number of amides is 1. The van der Waals surface area contributed by atoms with Gasteiger partial charge in [0.1, 0.15) is 0 Å². The van der Waals surface area contributed by atoms with Crippen LogP contribution in [0.4, 0.5) is 5.69 Å². The van der Waals surface area contributed by atoms with Crippen molar-refractivity contribution in [1.82, 2.24) is 5.32 Å². The second-order valence-electron chi connectivity index (χ2n) is 5.90. The van der Waals surface area contributed by atoms with Gasteiger partial charge in [0, 0.05) is 23.5 Å². The van der Waals surface area contributed by atoms with Gasteiger partial charge in [0.2, 0.25) is 0 Å². The van der Waals surface area contributed by atoms with Crippen molar-refractivity contribution in [3.63, 3.8) is 0 Å². The van der Waals surface area contributed by atoms with Crippen molar-refractivity contribution >= 4 is 21.4 Å². The fourth-order valence-electron chi connectivity index (χ4n) is 2.75. The molecular formula is C15H22N2O3S. The van der Waals surface area contributed by atoms with Gasteiger partial charge < -0.3 is 11.1 Å². The van der Waals surface area contributed by atoms with E-state index in [4.69, 9.17) is 5.73 Å². The van der Waals surface area contributed by atoms with E-state index in [0.29, 0.717) is 11.5 Å². The largest absolute Gasteiger partial charge is 0.399 e. The number of benzene rings is 1. The molecule has 1 saturated carbocycles. The highest BCUT2D eigenvalue weighted by atomic mass is 32.2. The van der Waals surface area contributed by atoms with Crippen LogP contribution in [0, 0.1) is 5.92 Å². The summed E-state index contributed by atoms with van der Waals surface area (Å²) in [5.74, 6) is 0.184. The van der Waals surface area contributed by atoms with Crippen LogP contribution in [0.3, 0.4) is 0 Å². The Kier molecular flexibility index (Phi) is 4.56. The Morgan fingerprint density at radius 1 is 1.24 bits per heavy atom. The summed E-state index contributed by atoms with van der Waals surface area (Å²) >= 11 is 0. The summed E-state index contributed by atoms with van der Waals surface area (Å²) < 4.78 is 23.2. The topological polar surface area (TPSA) is 89.3 Å². The van der Waals surface area contributed by atoms with Crippen molar-refractivity contribution in [1.29, 1.82) is 0 Å². The number of sulfone groups is 1. The third-order valence-electron chi connectivity index (χ3n) is 4.05. The number of hydrogen-bond donors (Lipinski definition) is 2. The SMILES string of the molecule is CC1CCCCC1NC(=O)c1cc(N)cc(S(C)(=O)=O)c1. The second-order valence-corrected chi connectivity index (χ2v) is 7.92. The lowest BCUT2D eigenvalue weighted by Crippen LogP contribution is -2.41. The maximum atomic E-state index is 12.3. The summed E-state index contributed by atoms with van der Waals surface area (Å²) in [6.45, 7) is 2.13. The first-order valence-corrected chi connectivity index (χ1v) is 9.08. The lowest BCUT2D eigenvalue weighted by molar-refractivity contribution is 0.0910. The number of nitrogens with one attached hydrogen (secondary N) is 1. The summed E-state index contributed by atoms with van der Waals surface area (Å²) in [7, 11) is -3.39. The zero-order valence-corrected chi connectivity index (χ0v) is 13.2. The summed E-state index contributed by atoms with van der Waals surface area (Å²) in [5, 5.41) is 3.00. The maximum Gasteiger partial charge on any atom is 0.251 e. The molecule has 0 bridgehead atoms. The van der Waals surface area contributed by atoms with Crippen LogP contribution in [0.1, 0.15) is 43.0 Å². The van der Waals surface area contributed by atoms with E-state index in [1.807, 2.05) is 0 Å². The number of nitrogen functional groups attached to an aromatic ring is 1. The van der Waals surface area contributed by atoms with Crippen LogP contribution >= 0.6 is 0 Å². The van der Waals surface area contributed by atoms with Gasteiger partial charge in [-0.25, -0.2) is 8.42 Å². The molecule has 2 unspecified atom stereocenters. The molecule has 2 atom stereocenters. The quantitative estimate of drug-likeness (QED) is 0.835. The Bertz CT molecular complexity index is 640. The number of hydrogen-bond acceptors (Lipinski definition) is 4. The first-order valence-electron chi connectivity index (χ1n) is 7.19. The molecule has 1 fully saturated rings. The fraction of sp³-hybridized carbons (Fsp3) is 0.533. The zero-order chi connectivity index (χ0) is 15.6. The van der Waals surface area contributed by atoms with E-state index in [0.717, 1.165) is 25.5 Å². The van der Waals surface area contributed by atoms with E-state index < -0.39 is 9.84 Å². The van der Waals surface area contributed by atoms with E-state index in [2.05, 4.69) is 12.2 Å². The van der Waals surface area contributed by atoms with Crippen molar-refractivity contribution < 1.29 is 13.2 Å². The number of carbonyl (C=O) groups is 1. The Labute approximate surface area is 125 Å². The van der Waals surface area contributed by atoms with Crippen LogP contribution in [-0.2, 0) is 9.84 Å². The van der Waals surface area contributed by atoms with Crippen molar-refractivity contribution in [3.05, 3.63) is 23.8 Å². The van der Waals surface area contributed by atoms with Gasteiger partial charge in [0.15, 0.2) is 9.84 Å². The van der Waals surface area contributed by atoms with E-state index in [-0.39, 0.29) is 22.5 Å². The van der Waals surface area contributed by atoms with Gasteiger partial charge in [-0.3, -0.25) is 4.79 Å². The highest BCUT2D eigenvalue weighted by Crippen LogP contribution is 2.24. The van der Waals surface area contributed by atoms with Gasteiger partial charge in [-0.2, -0.15) is 0 Å². The summed E-state index contributed by atoms with van der Waals surface area (Å²) in [5.41, 5.74) is 6.29. The van der Waals surface area contributed by atoms with Crippen LogP contribution in [0.5, 0.6) is 0 Å². The van der Waals surface area contributed by atoms with Crippen molar-refractivity contribution in [2.45, 2.75) is 43.5 Å². The number of rotatable bonds is 3. The molecule has 0 heterocycles. The highest BCUT2D eigenvalue weighted by Gasteiger charge is 2.23. The second kappa shape index (κ2) is 6.05. The van der Waals surface area contributed by atoms with Crippen molar-refractivity contribution in [3.8, 4) is 0 Å². The molecule has 0 radical (unpaired) electrons. The van der Waals surface area contributed by atoms with Crippen LogP contribution < -0.4 is 11.1 Å². The molecule has 0 saturated heterocycles. The minimum atomic E-state index is -3.39. The number of anilines is 1. The molecule has 6 heteroatoms. The number of carbonyl (C=O) groups excluding carboxylic acids is 1. The first-order chi connectivity index (χ1) is 9.77. The molecule has 2 rings (SSSR count). The molecule has 0 spiro atoms. The normalized spacial score (nSPS) is 22.8. The third-order valence-corrected chi connectivity index (χ3v) is 5.14. The molecule has 3 N–H and O–H groups in total. The Morgan fingerprint density at radius 3 is 2.52 bits per heavy atom. The molecule has 0 aromatic heterocycles. The third kappa shape index (κ3) is 3.97. The molecule has 21 heavy (non-hydrogen) atoms. The number of nitrogens with two attached hydrogens (primary N) is 1. The van der Waals surface area contributed by atoms with E-state index in [1.165, 1.54) is 24.6 Å². The van der Waals surface area contributed by atoms with Gasteiger partial charge in [-0.15, -0.1) is 0 Å². The molecule has 0 aliphatic heterocycles. The molecule has 1 aromatic carbocycles.